The van der Waals surface area contributed by atoms with E-state index in [9.17, 15) is 4.79 Å². The van der Waals surface area contributed by atoms with Crippen molar-refractivity contribution >= 4 is 5.91 Å². The number of benzene rings is 1. The summed E-state index contributed by atoms with van der Waals surface area (Å²) < 4.78 is 5.86. The predicted molar refractivity (Wildman–Crippen MR) is 82.5 cm³/mol. The zero-order valence-corrected chi connectivity index (χ0v) is 12.7. The van der Waals surface area contributed by atoms with Crippen molar-refractivity contribution in [2.45, 2.75) is 38.3 Å². The Kier molecular flexibility index (Phi) is 4.56. The van der Waals surface area contributed by atoms with Crippen LogP contribution in [-0.4, -0.2) is 49.2 Å². The van der Waals surface area contributed by atoms with Crippen LogP contribution in [0.1, 0.15) is 35.7 Å². The molecular weight excluding hydrogens is 264 g/mol. The fraction of sp³-hybridized carbons (Fsp3) is 0.588. The third kappa shape index (κ3) is 3.44. The van der Waals surface area contributed by atoms with Crippen LogP contribution in [0, 0.1) is 0 Å². The fourth-order valence-corrected chi connectivity index (χ4v) is 3.21. The average molecular weight is 288 g/mol. The van der Waals surface area contributed by atoms with Crippen molar-refractivity contribution < 1.29 is 9.53 Å². The summed E-state index contributed by atoms with van der Waals surface area (Å²) >= 11 is 0. The minimum Gasteiger partial charge on any atom is -0.373 e. The van der Waals surface area contributed by atoms with Crippen molar-refractivity contribution in [1.82, 2.24) is 10.2 Å². The maximum Gasteiger partial charge on any atom is 0.251 e. The quantitative estimate of drug-likeness (QED) is 0.919. The Balaban J connectivity index is 1.49. The Morgan fingerprint density at radius 3 is 2.95 bits per heavy atom. The first kappa shape index (κ1) is 14.5. The first-order valence-electron chi connectivity index (χ1n) is 7.99. The third-order valence-corrected chi connectivity index (χ3v) is 4.58. The molecule has 2 heterocycles. The molecule has 2 atom stereocenters. The number of aryl methyl sites for hydroxylation is 1. The highest BCUT2D eigenvalue weighted by Crippen LogP contribution is 2.22. The van der Waals surface area contributed by atoms with E-state index in [0.29, 0.717) is 12.6 Å². The van der Waals surface area contributed by atoms with E-state index >= 15 is 0 Å². The van der Waals surface area contributed by atoms with Gasteiger partial charge >= 0.3 is 0 Å². The Hall–Kier alpha value is -1.39. The molecule has 0 aromatic heterocycles. The first-order chi connectivity index (χ1) is 10.3. The van der Waals surface area contributed by atoms with Gasteiger partial charge in [-0.05, 0) is 43.5 Å². The molecule has 1 aromatic carbocycles. The highest BCUT2D eigenvalue weighted by molar-refractivity contribution is 5.94. The van der Waals surface area contributed by atoms with Gasteiger partial charge in [-0.1, -0.05) is 19.1 Å². The number of morpholine rings is 1. The van der Waals surface area contributed by atoms with E-state index in [1.54, 1.807) is 0 Å². The molecular formula is C17H24N2O2. The van der Waals surface area contributed by atoms with Crippen molar-refractivity contribution in [3.05, 3.63) is 35.4 Å². The van der Waals surface area contributed by atoms with Crippen LogP contribution in [0.2, 0.25) is 0 Å². The van der Waals surface area contributed by atoms with Gasteiger partial charge in [0, 0.05) is 24.7 Å². The summed E-state index contributed by atoms with van der Waals surface area (Å²) in [6.07, 6.45) is 3.65. The molecule has 114 valence electrons. The van der Waals surface area contributed by atoms with Crippen LogP contribution in [0.15, 0.2) is 24.3 Å². The number of carbonyl (C=O) groups is 1. The van der Waals surface area contributed by atoms with Crippen LogP contribution in [0.4, 0.5) is 0 Å². The highest BCUT2D eigenvalue weighted by Gasteiger charge is 2.32. The summed E-state index contributed by atoms with van der Waals surface area (Å²) in [5.74, 6) is -0.00945. The Labute approximate surface area is 126 Å². The third-order valence-electron chi connectivity index (χ3n) is 4.58. The van der Waals surface area contributed by atoms with Gasteiger partial charge in [0.05, 0.1) is 12.7 Å². The van der Waals surface area contributed by atoms with Crippen LogP contribution >= 0.6 is 0 Å². The Morgan fingerprint density at radius 1 is 1.38 bits per heavy atom. The predicted octanol–water partition coefficient (Wildman–Crippen LogP) is 1.84. The topological polar surface area (TPSA) is 41.6 Å². The molecule has 1 aromatic rings. The average Bonchev–Trinajstić information content (AvgIpc) is 3.00. The second-order valence-corrected chi connectivity index (χ2v) is 6.01. The largest absolute Gasteiger partial charge is 0.373 e. The molecule has 0 saturated carbocycles. The smallest absolute Gasteiger partial charge is 0.251 e. The van der Waals surface area contributed by atoms with Crippen LogP contribution < -0.4 is 5.32 Å². The van der Waals surface area contributed by atoms with Gasteiger partial charge < -0.3 is 10.1 Å². The lowest BCUT2D eigenvalue weighted by molar-refractivity contribution is -0.0461. The van der Waals surface area contributed by atoms with E-state index in [4.69, 9.17) is 4.74 Å². The molecule has 0 spiro atoms. The van der Waals surface area contributed by atoms with E-state index in [1.807, 2.05) is 24.3 Å². The maximum atomic E-state index is 12.1. The molecule has 2 fully saturated rings. The number of ether oxygens (including phenoxy) is 1. The van der Waals surface area contributed by atoms with Gasteiger partial charge in [-0.25, -0.2) is 0 Å². The summed E-state index contributed by atoms with van der Waals surface area (Å²) in [5, 5.41) is 3.00. The van der Waals surface area contributed by atoms with Gasteiger partial charge in [-0.15, -0.1) is 0 Å². The van der Waals surface area contributed by atoms with Gasteiger partial charge in [0.15, 0.2) is 0 Å². The van der Waals surface area contributed by atoms with Crippen molar-refractivity contribution in [2.75, 3.05) is 26.2 Å². The molecule has 2 aliphatic heterocycles. The summed E-state index contributed by atoms with van der Waals surface area (Å²) in [7, 11) is 0. The lowest BCUT2D eigenvalue weighted by Gasteiger charge is -2.35. The molecule has 2 saturated heterocycles. The van der Waals surface area contributed by atoms with E-state index in [0.717, 1.165) is 25.1 Å². The maximum absolute atomic E-state index is 12.1. The number of hydrogen-bond acceptors (Lipinski definition) is 3. The summed E-state index contributed by atoms with van der Waals surface area (Å²) in [5.41, 5.74) is 1.98. The van der Waals surface area contributed by atoms with Gasteiger partial charge in [0.2, 0.25) is 0 Å². The zero-order valence-electron chi connectivity index (χ0n) is 12.7. The number of fused-ring (bicyclic) bond motifs is 1. The lowest BCUT2D eigenvalue weighted by atomic mass is 10.1. The molecule has 4 nitrogen and oxygen atoms in total. The number of nitrogens with one attached hydrogen (secondary N) is 1. The van der Waals surface area contributed by atoms with Crippen LogP contribution in [-0.2, 0) is 11.2 Å². The van der Waals surface area contributed by atoms with Crippen LogP contribution in [0.25, 0.3) is 0 Å². The minimum absolute atomic E-state index is 0.00945. The summed E-state index contributed by atoms with van der Waals surface area (Å²) in [4.78, 5) is 14.6. The molecule has 0 aliphatic carbocycles. The molecule has 0 radical (unpaired) electrons. The second-order valence-electron chi connectivity index (χ2n) is 6.01. The number of carbonyl (C=O) groups excluding carboxylic acids is 1. The van der Waals surface area contributed by atoms with Crippen LogP contribution in [0.5, 0.6) is 0 Å². The standard InChI is InChI=1S/C17H24N2O2/c1-2-13-5-7-14(8-6-13)17(20)18-10-16-11-19-9-3-4-15(19)12-21-16/h5-8,15-16H,2-4,9-12H2,1H3,(H,18,20). The summed E-state index contributed by atoms with van der Waals surface area (Å²) in [6.45, 7) is 5.64. The Morgan fingerprint density at radius 2 is 2.19 bits per heavy atom. The molecule has 0 bridgehead atoms. The normalized spacial score (nSPS) is 25.6. The van der Waals surface area contributed by atoms with Crippen molar-refractivity contribution in [1.29, 1.82) is 0 Å². The monoisotopic (exact) mass is 288 g/mol. The lowest BCUT2D eigenvalue weighted by Crippen LogP contribution is -2.50. The fourth-order valence-electron chi connectivity index (χ4n) is 3.21. The van der Waals surface area contributed by atoms with Gasteiger partial charge in [-0.3, -0.25) is 9.69 Å². The highest BCUT2D eigenvalue weighted by atomic mass is 16.5. The second kappa shape index (κ2) is 6.58. The Bertz CT molecular complexity index is 486. The molecule has 1 amide bonds. The summed E-state index contributed by atoms with van der Waals surface area (Å²) in [6, 6.07) is 8.43. The van der Waals surface area contributed by atoms with Gasteiger partial charge in [0.1, 0.15) is 0 Å². The number of hydrogen-bond donors (Lipinski definition) is 1. The molecule has 21 heavy (non-hydrogen) atoms. The van der Waals surface area contributed by atoms with Crippen molar-refractivity contribution in [3.8, 4) is 0 Å². The number of rotatable bonds is 4. The minimum atomic E-state index is -0.00945. The van der Waals surface area contributed by atoms with E-state index in [2.05, 4.69) is 17.1 Å². The van der Waals surface area contributed by atoms with E-state index < -0.39 is 0 Å². The number of nitrogens with zero attached hydrogens (tertiary/aromatic N) is 1. The van der Waals surface area contributed by atoms with Crippen LogP contribution in [0.3, 0.4) is 0 Å². The molecule has 1 N–H and O–H groups in total. The van der Waals surface area contributed by atoms with Crippen molar-refractivity contribution in [3.63, 3.8) is 0 Å². The van der Waals surface area contributed by atoms with Gasteiger partial charge in [-0.2, -0.15) is 0 Å². The van der Waals surface area contributed by atoms with E-state index in [1.165, 1.54) is 24.9 Å². The van der Waals surface area contributed by atoms with Gasteiger partial charge in [0.25, 0.3) is 5.91 Å². The molecule has 3 rings (SSSR count). The molecule has 2 aliphatic rings. The van der Waals surface area contributed by atoms with E-state index in [-0.39, 0.29) is 12.0 Å². The SMILES string of the molecule is CCc1ccc(C(=O)NCC2CN3CCCC3CO2)cc1. The molecule has 2 unspecified atom stereocenters. The zero-order chi connectivity index (χ0) is 14.7. The first-order valence-corrected chi connectivity index (χ1v) is 7.99. The number of amides is 1. The molecule has 4 heteroatoms. The van der Waals surface area contributed by atoms with Crippen molar-refractivity contribution in [2.24, 2.45) is 0 Å².